The molecule has 0 bridgehead atoms. The number of benzene rings is 3. The molecule has 37 heavy (non-hydrogen) atoms. The summed E-state index contributed by atoms with van der Waals surface area (Å²) in [6.07, 6.45) is 1.42. The zero-order valence-electron chi connectivity index (χ0n) is 21.1. The summed E-state index contributed by atoms with van der Waals surface area (Å²) in [4.78, 5) is 0.105. The minimum absolute atomic E-state index is 0.00443. The van der Waals surface area contributed by atoms with E-state index in [-0.39, 0.29) is 32.8 Å². The van der Waals surface area contributed by atoms with Gasteiger partial charge in [-0.3, -0.25) is 0 Å². The van der Waals surface area contributed by atoms with Gasteiger partial charge in [0.05, 0.1) is 28.9 Å². The van der Waals surface area contributed by atoms with Crippen LogP contribution in [0.3, 0.4) is 0 Å². The third-order valence-corrected chi connectivity index (χ3v) is 11.6. The van der Waals surface area contributed by atoms with E-state index < -0.39 is 19.9 Å². The van der Waals surface area contributed by atoms with E-state index in [0.29, 0.717) is 29.9 Å². The first kappa shape index (κ1) is 27.5. The molecule has 4 rings (SSSR count). The van der Waals surface area contributed by atoms with E-state index >= 15 is 0 Å². The molecule has 198 valence electrons. The van der Waals surface area contributed by atoms with Crippen molar-refractivity contribution in [3.8, 4) is 11.5 Å². The number of thioether (sulfide) groups is 1. The van der Waals surface area contributed by atoms with E-state index in [1.165, 1.54) is 41.7 Å². The fraction of sp³-hybridized carbons (Fsp3) is 0.333. The van der Waals surface area contributed by atoms with Gasteiger partial charge in [0.15, 0.2) is 0 Å². The predicted octanol–water partition coefficient (Wildman–Crippen LogP) is 4.93. The lowest BCUT2D eigenvalue weighted by Crippen LogP contribution is -2.42. The van der Waals surface area contributed by atoms with Crippen LogP contribution in [-0.2, 0) is 26.4 Å². The number of hydrogen-bond donors (Lipinski definition) is 0. The third kappa shape index (κ3) is 5.67. The Kier molecular flexibility index (Phi) is 8.52. The van der Waals surface area contributed by atoms with Crippen LogP contribution in [0.2, 0.25) is 0 Å². The lowest BCUT2D eigenvalue weighted by atomic mass is 10.1. The minimum atomic E-state index is -4.06. The minimum Gasteiger partial charge on any atom is -0.497 e. The van der Waals surface area contributed by atoms with Crippen LogP contribution < -0.4 is 9.47 Å². The first-order chi connectivity index (χ1) is 17.7. The Hall–Kier alpha value is -2.53. The van der Waals surface area contributed by atoms with Gasteiger partial charge in [-0.05, 0) is 67.2 Å². The lowest BCUT2D eigenvalue weighted by Gasteiger charge is -2.34. The molecule has 1 fully saturated rings. The monoisotopic (exact) mass is 561 g/mol. The standard InChI is InChI=1S/C27H31NO6S3/c1-20-26(36(29,30)24-8-5-4-6-9-24)10-7-11-27(20)37(31,32)28(22-14-16-35-17-15-22)19-21-12-13-23(33-2)18-25(21)34-3/h4-13,18,22H,14-17,19H2,1-3H3. The Labute approximate surface area is 223 Å². The molecule has 3 aromatic rings. The summed E-state index contributed by atoms with van der Waals surface area (Å²) >= 11 is 1.81. The predicted molar refractivity (Wildman–Crippen MR) is 146 cm³/mol. The highest BCUT2D eigenvalue weighted by Crippen LogP contribution is 2.35. The van der Waals surface area contributed by atoms with Crippen LogP contribution in [-0.4, -0.2) is 52.9 Å². The number of rotatable bonds is 9. The van der Waals surface area contributed by atoms with Gasteiger partial charge < -0.3 is 9.47 Å². The van der Waals surface area contributed by atoms with Crippen molar-refractivity contribution >= 4 is 31.6 Å². The summed E-state index contributed by atoms with van der Waals surface area (Å²) in [7, 11) is -4.86. The maximum absolute atomic E-state index is 14.3. The summed E-state index contributed by atoms with van der Waals surface area (Å²) in [5.74, 6) is 2.86. The summed E-state index contributed by atoms with van der Waals surface area (Å²) in [6.45, 7) is 1.66. The summed E-state index contributed by atoms with van der Waals surface area (Å²) in [6, 6.07) is 17.6. The Morgan fingerprint density at radius 3 is 2.19 bits per heavy atom. The van der Waals surface area contributed by atoms with Gasteiger partial charge in [0, 0.05) is 24.2 Å². The van der Waals surface area contributed by atoms with Crippen LogP contribution >= 0.6 is 11.8 Å². The SMILES string of the molecule is COc1ccc(CN(C2CCSCC2)S(=O)(=O)c2cccc(S(=O)(=O)c3ccccc3)c2C)c(OC)c1. The highest BCUT2D eigenvalue weighted by atomic mass is 32.2. The van der Waals surface area contributed by atoms with Gasteiger partial charge in [-0.15, -0.1) is 0 Å². The smallest absolute Gasteiger partial charge is 0.243 e. The molecule has 1 aliphatic rings. The molecule has 0 atom stereocenters. The first-order valence-electron chi connectivity index (χ1n) is 11.9. The molecular weight excluding hydrogens is 530 g/mol. The number of ether oxygens (including phenoxy) is 2. The number of methoxy groups -OCH3 is 2. The quantitative estimate of drug-likeness (QED) is 0.366. The van der Waals surface area contributed by atoms with Gasteiger partial charge in [-0.25, -0.2) is 16.8 Å². The van der Waals surface area contributed by atoms with Crippen LogP contribution in [0.5, 0.6) is 11.5 Å². The second-order valence-corrected chi connectivity index (χ2v) is 13.8. The van der Waals surface area contributed by atoms with Crippen molar-refractivity contribution in [1.29, 1.82) is 0 Å². The van der Waals surface area contributed by atoms with E-state index in [1.54, 1.807) is 62.2 Å². The Bertz CT molecular complexity index is 1450. The molecule has 1 aliphatic heterocycles. The van der Waals surface area contributed by atoms with Crippen molar-refractivity contribution in [2.75, 3.05) is 25.7 Å². The van der Waals surface area contributed by atoms with Crippen LogP contribution in [0, 0.1) is 6.92 Å². The molecule has 0 radical (unpaired) electrons. The van der Waals surface area contributed by atoms with Gasteiger partial charge >= 0.3 is 0 Å². The van der Waals surface area contributed by atoms with Crippen molar-refractivity contribution in [2.24, 2.45) is 0 Å². The summed E-state index contributed by atoms with van der Waals surface area (Å²) in [5, 5.41) is 0. The maximum Gasteiger partial charge on any atom is 0.243 e. The zero-order valence-corrected chi connectivity index (χ0v) is 23.5. The molecule has 1 heterocycles. The highest BCUT2D eigenvalue weighted by molar-refractivity contribution is 7.99. The second-order valence-electron chi connectivity index (χ2n) is 8.77. The average Bonchev–Trinajstić information content (AvgIpc) is 2.92. The Morgan fingerprint density at radius 2 is 1.54 bits per heavy atom. The second kappa shape index (κ2) is 11.5. The van der Waals surface area contributed by atoms with Crippen LogP contribution in [0.1, 0.15) is 24.0 Å². The van der Waals surface area contributed by atoms with Gasteiger partial charge in [0.1, 0.15) is 11.5 Å². The molecule has 1 saturated heterocycles. The maximum atomic E-state index is 14.3. The van der Waals surface area contributed by atoms with E-state index in [1.807, 2.05) is 0 Å². The van der Waals surface area contributed by atoms with Gasteiger partial charge in [0.25, 0.3) is 0 Å². The van der Waals surface area contributed by atoms with Crippen molar-refractivity contribution < 1.29 is 26.3 Å². The molecule has 0 saturated carbocycles. The fourth-order valence-corrected chi connectivity index (χ4v) is 9.15. The molecular formula is C27H31NO6S3. The van der Waals surface area contributed by atoms with Gasteiger partial charge in [-0.1, -0.05) is 30.3 Å². The van der Waals surface area contributed by atoms with Crippen LogP contribution in [0.15, 0.2) is 81.4 Å². The number of sulfonamides is 1. The van der Waals surface area contributed by atoms with Gasteiger partial charge in [-0.2, -0.15) is 16.1 Å². The number of nitrogens with zero attached hydrogens (tertiary/aromatic N) is 1. The normalized spacial score (nSPS) is 15.0. The third-order valence-electron chi connectivity index (χ3n) is 6.58. The van der Waals surface area contributed by atoms with E-state index in [4.69, 9.17) is 9.47 Å². The molecule has 0 aromatic heterocycles. The number of hydrogen-bond acceptors (Lipinski definition) is 7. The first-order valence-corrected chi connectivity index (χ1v) is 16.0. The topological polar surface area (TPSA) is 90.0 Å². The summed E-state index contributed by atoms with van der Waals surface area (Å²) < 4.78 is 67.7. The molecule has 7 nitrogen and oxygen atoms in total. The number of sulfone groups is 1. The Morgan fingerprint density at radius 1 is 0.865 bits per heavy atom. The average molecular weight is 562 g/mol. The van der Waals surface area contributed by atoms with Crippen LogP contribution in [0.4, 0.5) is 0 Å². The lowest BCUT2D eigenvalue weighted by molar-refractivity contribution is 0.291. The van der Waals surface area contributed by atoms with E-state index in [9.17, 15) is 16.8 Å². The van der Waals surface area contributed by atoms with Crippen molar-refractivity contribution in [2.45, 2.75) is 47.0 Å². The van der Waals surface area contributed by atoms with E-state index in [2.05, 4.69) is 0 Å². The highest BCUT2D eigenvalue weighted by Gasteiger charge is 2.35. The molecule has 0 N–H and O–H groups in total. The van der Waals surface area contributed by atoms with Crippen LogP contribution in [0.25, 0.3) is 0 Å². The molecule has 0 aliphatic carbocycles. The van der Waals surface area contributed by atoms with Gasteiger partial charge in [0.2, 0.25) is 19.9 Å². The molecule has 3 aromatic carbocycles. The zero-order chi connectivity index (χ0) is 26.6. The molecule has 0 spiro atoms. The van der Waals surface area contributed by atoms with Crippen molar-refractivity contribution in [3.63, 3.8) is 0 Å². The fourth-order valence-electron chi connectivity index (χ4n) is 4.55. The largest absolute Gasteiger partial charge is 0.497 e. The van der Waals surface area contributed by atoms with E-state index in [0.717, 1.165) is 11.5 Å². The molecule has 0 unspecified atom stereocenters. The van der Waals surface area contributed by atoms with Crippen molar-refractivity contribution in [1.82, 2.24) is 4.31 Å². The Balaban J connectivity index is 1.80. The molecule has 0 amide bonds. The summed E-state index contributed by atoms with van der Waals surface area (Å²) in [5.41, 5.74) is 0.916. The molecule has 10 heteroatoms. The van der Waals surface area contributed by atoms with Crippen molar-refractivity contribution in [3.05, 3.63) is 77.9 Å².